The van der Waals surface area contributed by atoms with Crippen LogP contribution >= 0.6 is 0 Å². The van der Waals surface area contributed by atoms with Crippen molar-refractivity contribution in [2.24, 2.45) is 0 Å². The van der Waals surface area contributed by atoms with E-state index in [9.17, 15) is 9.59 Å². The molecule has 2 heterocycles. The van der Waals surface area contributed by atoms with E-state index in [0.717, 1.165) is 5.56 Å². The first-order chi connectivity index (χ1) is 6.66. The lowest BCUT2D eigenvalue weighted by molar-refractivity contribution is -0.119. The van der Waals surface area contributed by atoms with Gasteiger partial charge in [-0.15, -0.1) is 0 Å². The second-order valence-electron chi connectivity index (χ2n) is 3.65. The molecule has 74 valence electrons. The molecule has 1 aliphatic rings. The quantitative estimate of drug-likeness (QED) is 0.671. The summed E-state index contributed by atoms with van der Waals surface area (Å²) in [5, 5.41) is 2.77. The van der Waals surface area contributed by atoms with Crippen LogP contribution in [0, 0.1) is 6.92 Å². The predicted molar refractivity (Wildman–Crippen MR) is 52.2 cm³/mol. The zero-order valence-corrected chi connectivity index (χ0v) is 7.96. The van der Waals surface area contributed by atoms with Crippen molar-refractivity contribution in [3.8, 4) is 0 Å². The van der Waals surface area contributed by atoms with Crippen LogP contribution < -0.4 is 10.9 Å². The van der Waals surface area contributed by atoms with E-state index >= 15 is 0 Å². The van der Waals surface area contributed by atoms with Gasteiger partial charge in [0.15, 0.2) is 0 Å². The van der Waals surface area contributed by atoms with Crippen LogP contribution in [0.4, 0.5) is 0 Å². The van der Waals surface area contributed by atoms with Crippen molar-refractivity contribution >= 4 is 5.91 Å². The van der Waals surface area contributed by atoms with Gasteiger partial charge in [-0.3, -0.25) is 9.59 Å². The summed E-state index contributed by atoms with van der Waals surface area (Å²) in [5.41, 5.74) is 1.66. The molecule has 4 nitrogen and oxygen atoms in total. The minimum atomic E-state index is -0.0639. The van der Waals surface area contributed by atoms with Crippen molar-refractivity contribution in [2.75, 3.05) is 6.54 Å². The van der Waals surface area contributed by atoms with E-state index in [-0.39, 0.29) is 17.4 Å². The normalized spacial score (nSPS) is 20.9. The Morgan fingerprint density at radius 1 is 1.43 bits per heavy atom. The number of amides is 1. The maximum atomic E-state index is 11.1. The fourth-order valence-corrected chi connectivity index (χ4v) is 1.70. The van der Waals surface area contributed by atoms with E-state index in [2.05, 4.69) is 10.3 Å². The molecule has 0 aromatic carbocycles. The number of carbonyl (C=O) groups excluding carboxylic acids is 1. The van der Waals surface area contributed by atoms with E-state index in [4.69, 9.17) is 0 Å². The number of H-pyrrole nitrogens is 1. The second-order valence-corrected chi connectivity index (χ2v) is 3.65. The minimum absolute atomic E-state index is 0.0639. The Bertz CT molecular complexity index is 422. The number of pyridine rings is 1. The summed E-state index contributed by atoms with van der Waals surface area (Å²) < 4.78 is 0. The minimum Gasteiger partial charge on any atom is -0.355 e. The number of hydrogen-bond acceptors (Lipinski definition) is 2. The van der Waals surface area contributed by atoms with Gasteiger partial charge in [-0.1, -0.05) is 0 Å². The third-order valence-electron chi connectivity index (χ3n) is 2.56. The smallest absolute Gasteiger partial charge is 0.250 e. The highest BCUT2D eigenvalue weighted by atomic mass is 16.2. The first-order valence-corrected chi connectivity index (χ1v) is 4.63. The van der Waals surface area contributed by atoms with Gasteiger partial charge in [0.1, 0.15) is 0 Å². The maximum absolute atomic E-state index is 11.1. The Balaban J connectivity index is 2.29. The molecule has 1 fully saturated rings. The Morgan fingerprint density at radius 3 is 2.79 bits per heavy atom. The van der Waals surface area contributed by atoms with Gasteiger partial charge in [-0.25, -0.2) is 0 Å². The van der Waals surface area contributed by atoms with E-state index in [1.807, 2.05) is 6.07 Å². The Hall–Kier alpha value is -1.58. The Morgan fingerprint density at radius 2 is 2.21 bits per heavy atom. The van der Waals surface area contributed by atoms with Gasteiger partial charge in [0.2, 0.25) is 5.91 Å². The molecule has 1 aromatic heterocycles. The van der Waals surface area contributed by atoms with Gasteiger partial charge in [0.25, 0.3) is 5.56 Å². The largest absolute Gasteiger partial charge is 0.355 e. The molecule has 4 heteroatoms. The van der Waals surface area contributed by atoms with Crippen LogP contribution in [0.15, 0.2) is 17.1 Å². The van der Waals surface area contributed by atoms with E-state index in [0.29, 0.717) is 18.5 Å². The second kappa shape index (κ2) is 3.29. The van der Waals surface area contributed by atoms with Crippen molar-refractivity contribution in [1.29, 1.82) is 0 Å². The van der Waals surface area contributed by atoms with Crippen molar-refractivity contribution in [3.63, 3.8) is 0 Å². The van der Waals surface area contributed by atoms with Gasteiger partial charge >= 0.3 is 0 Å². The van der Waals surface area contributed by atoms with Gasteiger partial charge in [-0.05, 0) is 18.6 Å². The van der Waals surface area contributed by atoms with Crippen molar-refractivity contribution in [2.45, 2.75) is 19.3 Å². The Kier molecular flexibility index (Phi) is 2.11. The molecule has 0 spiro atoms. The topological polar surface area (TPSA) is 62.0 Å². The fraction of sp³-hybridized carbons (Fsp3) is 0.400. The molecule has 1 saturated heterocycles. The van der Waals surface area contributed by atoms with Crippen LogP contribution in [0.5, 0.6) is 0 Å². The summed E-state index contributed by atoms with van der Waals surface area (Å²) in [7, 11) is 0. The molecule has 1 unspecified atom stereocenters. The van der Waals surface area contributed by atoms with Crippen molar-refractivity contribution in [1.82, 2.24) is 10.3 Å². The zero-order chi connectivity index (χ0) is 10.1. The standard InChI is InChI=1S/C10H12N2O2/c1-6-2-7(5-12-10(6)14)8-3-9(13)11-4-8/h2,5,8H,3-4H2,1H3,(H,11,13)(H,12,14). The van der Waals surface area contributed by atoms with Gasteiger partial charge in [-0.2, -0.15) is 0 Å². The fourth-order valence-electron chi connectivity index (χ4n) is 1.70. The van der Waals surface area contributed by atoms with Crippen LogP contribution in [0.3, 0.4) is 0 Å². The molecule has 2 N–H and O–H groups in total. The Labute approximate surface area is 81.3 Å². The third-order valence-corrected chi connectivity index (χ3v) is 2.56. The molecule has 0 bridgehead atoms. The molecule has 1 amide bonds. The van der Waals surface area contributed by atoms with Gasteiger partial charge in [0, 0.05) is 30.6 Å². The van der Waals surface area contributed by atoms with Gasteiger partial charge in [0.05, 0.1) is 0 Å². The highest BCUT2D eigenvalue weighted by Gasteiger charge is 2.23. The molecule has 1 aromatic rings. The average molecular weight is 192 g/mol. The first-order valence-electron chi connectivity index (χ1n) is 4.63. The van der Waals surface area contributed by atoms with Crippen molar-refractivity contribution in [3.05, 3.63) is 33.7 Å². The SMILES string of the molecule is Cc1cc(C2CNC(=O)C2)c[nH]c1=O. The van der Waals surface area contributed by atoms with Crippen molar-refractivity contribution < 1.29 is 4.79 Å². The first kappa shape index (κ1) is 8.99. The summed E-state index contributed by atoms with van der Waals surface area (Å²) in [6.07, 6.45) is 2.21. The molecule has 0 saturated carbocycles. The number of aryl methyl sites for hydroxylation is 1. The molecular formula is C10H12N2O2. The molecule has 2 rings (SSSR count). The highest BCUT2D eigenvalue weighted by Crippen LogP contribution is 2.21. The van der Waals surface area contributed by atoms with E-state index in [1.54, 1.807) is 13.1 Å². The number of aromatic amines is 1. The number of rotatable bonds is 1. The summed E-state index contributed by atoms with van der Waals surface area (Å²) in [4.78, 5) is 24.8. The van der Waals surface area contributed by atoms with Crippen LogP contribution in [0.2, 0.25) is 0 Å². The molecule has 14 heavy (non-hydrogen) atoms. The molecular weight excluding hydrogens is 180 g/mol. The summed E-state index contributed by atoms with van der Waals surface area (Å²) in [6.45, 7) is 2.44. The average Bonchev–Trinajstić information content (AvgIpc) is 2.57. The summed E-state index contributed by atoms with van der Waals surface area (Å²) >= 11 is 0. The van der Waals surface area contributed by atoms with E-state index < -0.39 is 0 Å². The maximum Gasteiger partial charge on any atom is 0.250 e. The monoisotopic (exact) mass is 192 g/mol. The summed E-state index contributed by atoms with van der Waals surface area (Å²) in [6, 6.07) is 1.85. The van der Waals surface area contributed by atoms with Crippen LogP contribution in [-0.2, 0) is 4.79 Å². The highest BCUT2D eigenvalue weighted by molar-refractivity contribution is 5.79. The lowest BCUT2D eigenvalue weighted by atomic mass is 9.99. The van der Waals surface area contributed by atoms with E-state index in [1.165, 1.54) is 0 Å². The number of aromatic nitrogens is 1. The van der Waals surface area contributed by atoms with Crippen LogP contribution in [0.25, 0.3) is 0 Å². The van der Waals surface area contributed by atoms with Gasteiger partial charge < -0.3 is 10.3 Å². The number of carbonyl (C=O) groups is 1. The lowest BCUT2D eigenvalue weighted by Gasteiger charge is -2.07. The molecule has 0 radical (unpaired) electrons. The van der Waals surface area contributed by atoms with Crippen LogP contribution in [-0.4, -0.2) is 17.4 Å². The number of nitrogens with one attached hydrogen (secondary N) is 2. The zero-order valence-electron chi connectivity index (χ0n) is 7.96. The predicted octanol–water partition coefficient (Wildman–Crippen LogP) is 0.287. The number of hydrogen-bond donors (Lipinski definition) is 2. The third kappa shape index (κ3) is 1.55. The summed E-state index contributed by atoms with van der Waals surface area (Å²) in [5.74, 6) is 0.289. The molecule has 1 atom stereocenters. The molecule has 1 aliphatic heterocycles. The lowest BCUT2D eigenvalue weighted by Crippen LogP contribution is -2.14. The molecule has 0 aliphatic carbocycles. The van der Waals surface area contributed by atoms with Crippen LogP contribution in [0.1, 0.15) is 23.5 Å².